The molecule has 142 valence electrons. The van der Waals surface area contributed by atoms with Gasteiger partial charge in [0.15, 0.2) is 0 Å². The Morgan fingerprint density at radius 2 is 1.89 bits per heavy atom. The summed E-state index contributed by atoms with van der Waals surface area (Å²) in [6.45, 7) is 1.36. The van der Waals surface area contributed by atoms with Crippen molar-refractivity contribution >= 4 is 46.0 Å². The molecule has 8 heteroatoms. The first kappa shape index (κ1) is 18.5. The van der Waals surface area contributed by atoms with Gasteiger partial charge in [-0.15, -0.1) is 0 Å². The summed E-state index contributed by atoms with van der Waals surface area (Å²) in [5, 5.41) is 3.65. The number of halogens is 2. The molecule has 0 radical (unpaired) electrons. The molecule has 1 aromatic heterocycles. The highest BCUT2D eigenvalue weighted by Crippen LogP contribution is 2.21. The Bertz CT molecular complexity index is 1100. The van der Waals surface area contributed by atoms with Gasteiger partial charge in [-0.3, -0.25) is 9.59 Å². The number of amides is 2. The molecule has 0 bridgehead atoms. The molecule has 0 unspecified atom stereocenters. The van der Waals surface area contributed by atoms with Gasteiger partial charge in [0.1, 0.15) is 5.82 Å². The lowest BCUT2D eigenvalue weighted by molar-refractivity contribution is 0.0799. The van der Waals surface area contributed by atoms with Gasteiger partial charge in [0, 0.05) is 23.7 Å². The predicted octanol–water partition coefficient (Wildman–Crippen LogP) is 3.81. The summed E-state index contributed by atoms with van der Waals surface area (Å²) >= 11 is 12.2. The fraction of sp³-hybridized carbons (Fsp3) is 0.150. The van der Waals surface area contributed by atoms with Crippen LogP contribution in [0.2, 0.25) is 10.0 Å². The predicted molar refractivity (Wildman–Crippen MR) is 109 cm³/mol. The van der Waals surface area contributed by atoms with E-state index in [0.29, 0.717) is 35.1 Å². The van der Waals surface area contributed by atoms with Crippen LogP contribution in [0.15, 0.2) is 48.6 Å². The third kappa shape index (κ3) is 3.74. The molecule has 0 atom stereocenters. The third-order valence-electron chi connectivity index (χ3n) is 4.48. The van der Waals surface area contributed by atoms with E-state index in [4.69, 9.17) is 23.2 Å². The Labute approximate surface area is 171 Å². The number of H-pyrrole nitrogens is 1. The lowest BCUT2D eigenvalue weighted by atomic mass is 10.1. The number of nitrogens with one attached hydrogen (secondary N) is 2. The van der Waals surface area contributed by atoms with Gasteiger partial charge in [-0.25, -0.2) is 4.98 Å². The summed E-state index contributed by atoms with van der Waals surface area (Å²) in [5.74, 6) is 0.162. The number of carbonyl (C=O) groups is 2. The van der Waals surface area contributed by atoms with Crippen molar-refractivity contribution in [3.05, 3.63) is 75.5 Å². The van der Waals surface area contributed by atoms with Crippen LogP contribution >= 0.6 is 23.2 Å². The first-order valence-corrected chi connectivity index (χ1v) is 9.43. The van der Waals surface area contributed by atoms with Gasteiger partial charge >= 0.3 is 0 Å². The highest BCUT2D eigenvalue weighted by atomic mass is 35.5. The zero-order chi connectivity index (χ0) is 19.7. The Hall–Kier alpha value is -2.83. The van der Waals surface area contributed by atoms with Crippen LogP contribution in [0.25, 0.3) is 11.0 Å². The molecule has 1 aliphatic rings. The fourth-order valence-corrected chi connectivity index (χ4v) is 3.45. The maximum absolute atomic E-state index is 12.4. The number of aromatic nitrogens is 2. The molecule has 2 aromatic carbocycles. The molecule has 3 aromatic rings. The second-order valence-corrected chi connectivity index (χ2v) is 7.25. The number of fused-ring (bicyclic) bond motifs is 1. The summed E-state index contributed by atoms with van der Waals surface area (Å²) in [7, 11) is 0. The van der Waals surface area contributed by atoms with Crippen molar-refractivity contribution < 1.29 is 9.59 Å². The van der Waals surface area contributed by atoms with Crippen LogP contribution in [0.1, 0.15) is 26.5 Å². The Kier molecular flexibility index (Phi) is 5.07. The van der Waals surface area contributed by atoms with Gasteiger partial charge in [-0.1, -0.05) is 35.4 Å². The first-order valence-electron chi connectivity index (χ1n) is 8.67. The minimum Gasteiger partial charge on any atom is -0.345 e. The largest absolute Gasteiger partial charge is 0.345 e. The van der Waals surface area contributed by atoms with Crippen molar-refractivity contribution in [3.8, 4) is 0 Å². The second-order valence-electron chi connectivity index (χ2n) is 6.40. The van der Waals surface area contributed by atoms with E-state index in [-0.39, 0.29) is 23.4 Å². The summed E-state index contributed by atoms with van der Waals surface area (Å²) in [6, 6.07) is 10.0. The number of rotatable bonds is 4. The van der Waals surface area contributed by atoms with E-state index in [0.717, 1.165) is 11.0 Å². The van der Waals surface area contributed by atoms with Gasteiger partial charge in [-0.05, 0) is 36.4 Å². The summed E-state index contributed by atoms with van der Waals surface area (Å²) in [4.78, 5) is 34.1. The van der Waals surface area contributed by atoms with Crippen LogP contribution in [0.5, 0.6) is 0 Å². The van der Waals surface area contributed by atoms with E-state index in [1.54, 1.807) is 29.2 Å². The van der Waals surface area contributed by atoms with E-state index in [2.05, 4.69) is 15.3 Å². The third-order valence-corrected chi connectivity index (χ3v) is 5.03. The molecule has 0 fully saturated rings. The molecule has 4 rings (SSSR count). The van der Waals surface area contributed by atoms with Crippen LogP contribution in [0.4, 0.5) is 0 Å². The molecule has 1 aliphatic heterocycles. The molecule has 2 amide bonds. The number of benzene rings is 2. The van der Waals surface area contributed by atoms with Crippen LogP contribution in [-0.4, -0.2) is 39.8 Å². The number of hydrogen-bond acceptors (Lipinski definition) is 3. The van der Waals surface area contributed by atoms with Gasteiger partial charge < -0.3 is 15.2 Å². The molecular weight excluding hydrogens is 399 g/mol. The number of hydrogen-bond donors (Lipinski definition) is 2. The number of aromatic amines is 1. The number of nitrogens with zero attached hydrogens (tertiary/aromatic N) is 2. The van der Waals surface area contributed by atoms with Crippen molar-refractivity contribution in [1.29, 1.82) is 0 Å². The highest BCUT2D eigenvalue weighted by Gasteiger charge is 2.20. The number of carbonyl (C=O) groups excluding carboxylic acids is 2. The average molecular weight is 415 g/mol. The minimum absolute atomic E-state index is 0.150. The Morgan fingerprint density at radius 3 is 2.64 bits per heavy atom. The van der Waals surface area contributed by atoms with E-state index in [1.165, 1.54) is 6.07 Å². The molecule has 0 saturated heterocycles. The maximum Gasteiger partial charge on any atom is 0.255 e. The molecule has 28 heavy (non-hydrogen) atoms. The normalized spacial score (nSPS) is 13.3. The lowest BCUT2D eigenvalue weighted by Gasteiger charge is -2.16. The molecule has 2 heterocycles. The molecule has 0 saturated carbocycles. The van der Waals surface area contributed by atoms with E-state index in [1.807, 2.05) is 18.2 Å². The van der Waals surface area contributed by atoms with Gasteiger partial charge in [-0.2, -0.15) is 0 Å². The van der Waals surface area contributed by atoms with Crippen LogP contribution in [0.3, 0.4) is 0 Å². The van der Waals surface area contributed by atoms with Crippen molar-refractivity contribution in [3.63, 3.8) is 0 Å². The Balaban J connectivity index is 1.44. The molecule has 0 aliphatic carbocycles. The van der Waals surface area contributed by atoms with Gasteiger partial charge in [0.25, 0.3) is 11.8 Å². The van der Waals surface area contributed by atoms with Crippen molar-refractivity contribution in [1.82, 2.24) is 20.2 Å². The van der Waals surface area contributed by atoms with E-state index in [9.17, 15) is 9.59 Å². The topological polar surface area (TPSA) is 78.1 Å². The average Bonchev–Trinajstić information content (AvgIpc) is 3.34. The molecule has 6 nitrogen and oxygen atoms in total. The molecular formula is C20H16Cl2N4O2. The van der Waals surface area contributed by atoms with Crippen LogP contribution < -0.4 is 5.32 Å². The maximum atomic E-state index is 12.4. The van der Waals surface area contributed by atoms with Crippen LogP contribution in [0, 0.1) is 0 Å². The standard InChI is InChI=1S/C20H16Cl2N4O2/c21-13-4-6-16-17(10-13)25-18(24-16)11-23-19(27)12-3-5-14(15(22)9-12)20(28)26-7-1-2-8-26/h1-6,9-10H,7-8,11H2,(H,23,27)(H,24,25). The van der Waals surface area contributed by atoms with Crippen molar-refractivity contribution in [2.45, 2.75) is 6.54 Å². The summed E-state index contributed by atoms with van der Waals surface area (Å²) < 4.78 is 0. The van der Waals surface area contributed by atoms with Gasteiger partial charge in [0.2, 0.25) is 0 Å². The van der Waals surface area contributed by atoms with Crippen molar-refractivity contribution in [2.24, 2.45) is 0 Å². The smallest absolute Gasteiger partial charge is 0.255 e. The van der Waals surface area contributed by atoms with E-state index < -0.39 is 0 Å². The second kappa shape index (κ2) is 7.66. The zero-order valence-corrected chi connectivity index (χ0v) is 16.2. The first-order chi connectivity index (χ1) is 13.5. The quantitative estimate of drug-likeness (QED) is 0.637. The molecule has 2 N–H and O–H groups in total. The van der Waals surface area contributed by atoms with E-state index >= 15 is 0 Å². The zero-order valence-electron chi connectivity index (χ0n) is 14.7. The molecule has 0 spiro atoms. The Morgan fingerprint density at radius 1 is 1.11 bits per heavy atom. The lowest BCUT2D eigenvalue weighted by Crippen LogP contribution is -2.28. The highest BCUT2D eigenvalue weighted by molar-refractivity contribution is 6.34. The summed E-state index contributed by atoms with van der Waals surface area (Å²) in [6.07, 6.45) is 3.86. The minimum atomic E-state index is -0.303. The fourth-order valence-electron chi connectivity index (χ4n) is 3.03. The van der Waals surface area contributed by atoms with Crippen molar-refractivity contribution in [2.75, 3.05) is 13.1 Å². The number of imidazole rings is 1. The SMILES string of the molecule is O=C(NCc1nc2cc(Cl)ccc2[nH]1)c1ccc(C(=O)N2CC=CC2)c(Cl)c1. The monoisotopic (exact) mass is 414 g/mol. The van der Waals surface area contributed by atoms with Crippen LogP contribution in [-0.2, 0) is 6.54 Å². The summed E-state index contributed by atoms with van der Waals surface area (Å²) in [5.41, 5.74) is 2.34. The van der Waals surface area contributed by atoms with Gasteiger partial charge in [0.05, 0.1) is 28.2 Å².